The Labute approximate surface area is 164 Å². The second-order valence-corrected chi connectivity index (χ2v) is 6.62. The normalized spacial score (nSPS) is 17.8. The van der Waals surface area contributed by atoms with Gasteiger partial charge in [-0.15, -0.1) is 0 Å². The number of rotatable bonds is 6. The lowest BCUT2D eigenvalue weighted by Crippen LogP contribution is -2.39. The van der Waals surface area contributed by atoms with E-state index >= 15 is 0 Å². The fourth-order valence-corrected chi connectivity index (χ4v) is 3.77. The molecule has 1 heterocycles. The van der Waals surface area contributed by atoms with E-state index in [9.17, 15) is 9.59 Å². The Morgan fingerprint density at radius 3 is 1.96 bits per heavy atom. The maximum Gasteiger partial charge on any atom is 0.338 e. The topological polar surface area (TPSA) is 61.8 Å². The number of esters is 2. The highest BCUT2D eigenvalue weighted by Crippen LogP contribution is 2.51. The van der Waals surface area contributed by atoms with Crippen LogP contribution in [0, 0.1) is 5.92 Å². The van der Waals surface area contributed by atoms with Gasteiger partial charge in [-0.1, -0.05) is 60.7 Å². The van der Waals surface area contributed by atoms with Crippen LogP contribution in [0.5, 0.6) is 0 Å². The molecule has 28 heavy (non-hydrogen) atoms. The van der Waals surface area contributed by atoms with E-state index in [1.54, 1.807) is 13.8 Å². The summed E-state index contributed by atoms with van der Waals surface area (Å²) in [6.07, 6.45) is 0. The van der Waals surface area contributed by atoms with Crippen molar-refractivity contribution in [1.82, 2.24) is 0 Å². The van der Waals surface area contributed by atoms with Crippen LogP contribution in [0.25, 0.3) is 0 Å². The van der Waals surface area contributed by atoms with E-state index in [1.807, 2.05) is 60.7 Å². The first kappa shape index (κ1) is 19.7. The standard InChI is InChI=1S/C23H24O5/c1-4-26-22(25)21-16(2)28-23(18-11-7-5-8-12-18,19-13-9-6-10-14-19)20(21)15-27-17(3)24/h5-14,20H,4,15H2,1-3H3. The van der Waals surface area contributed by atoms with Gasteiger partial charge in [-0.05, 0) is 13.8 Å². The summed E-state index contributed by atoms with van der Waals surface area (Å²) < 4.78 is 17.1. The molecule has 2 aromatic rings. The molecular weight excluding hydrogens is 356 g/mol. The lowest BCUT2D eigenvalue weighted by atomic mass is 9.74. The van der Waals surface area contributed by atoms with E-state index in [1.165, 1.54) is 6.92 Å². The molecule has 0 amide bonds. The number of allylic oxidation sites excluding steroid dienone is 1. The second-order valence-electron chi connectivity index (χ2n) is 6.62. The lowest BCUT2D eigenvalue weighted by molar-refractivity contribution is -0.146. The first-order valence-electron chi connectivity index (χ1n) is 9.32. The van der Waals surface area contributed by atoms with Gasteiger partial charge in [0.15, 0.2) is 5.60 Å². The predicted molar refractivity (Wildman–Crippen MR) is 104 cm³/mol. The molecule has 0 saturated carbocycles. The average Bonchev–Trinajstić information content (AvgIpc) is 3.01. The van der Waals surface area contributed by atoms with Crippen molar-refractivity contribution < 1.29 is 23.8 Å². The molecule has 0 saturated heterocycles. The smallest absolute Gasteiger partial charge is 0.338 e. The summed E-state index contributed by atoms with van der Waals surface area (Å²) >= 11 is 0. The number of carbonyl (C=O) groups is 2. The first-order valence-corrected chi connectivity index (χ1v) is 9.32. The SMILES string of the molecule is CCOC(=O)C1=C(C)OC(c2ccccc2)(c2ccccc2)C1COC(C)=O. The van der Waals surface area contributed by atoms with Gasteiger partial charge in [-0.3, -0.25) is 4.79 Å². The van der Waals surface area contributed by atoms with Gasteiger partial charge in [0.25, 0.3) is 0 Å². The fraction of sp³-hybridized carbons (Fsp3) is 0.304. The van der Waals surface area contributed by atoms with Crippen LogP contribution >= 0.6 is 0 Å². The third kappa shape index (κ3) is 3.52. The van der Waals surface area contributed by atoms with Gasteiger partial charge in [0, 0.05) is 18.1 Å². The molecular formula is C23H24O5. The van der Waals surface area contributed by atoms with Crippen LogP contribution in [0.15, 0.2) is 72.0 Å². The third-order valence-corrected chi connectivity index (χ3v) is 4.89. The molecule has 1 aliphatic heterocycles. The fourth-order valence-electron chi connectivity index (χ4n) is 3.77. The molecule has 5 heteroatoms. The average molecular weight is 380 g/mol. The Morgan fingerprint density at radius 2 is 1.50 bits per heavy atom. The summed E-state index contributed by atoms with van der Waals surface area (Å²) in [5.41, 5.74) is 1.15. The van der Waals surface area contributed by atoms with Crippen molar-refractivity contribution in [3.63, 3.8) is 0 Å². The van der Waals surface area contributed by atoms with E-state index in [2.05, 4.69) is 0 Å². The Balaban J connectivity index is 2.19. The van der Waals surface area contributed by atoms with Gasteiger partial charge in [0.05, 0.1) is 18.1 Å². The molecule has 146 valence electrons. The lowest BCUT2D eigenvalue weighted by Gasteiger charge is -2.36. The monoisotopic (exact) mass is 380 g/mol. The molecule has 0 N–H and O–H groups in total. The van der Waals surface area contributed by atoms with Crippen LogP contribution in [0.1, 0.15) is 31.9 Å². The van der Waals surface area contributed by atoms with Crippen molar-refractivity contribution in [3.05, 3.63) is 83.1 Å². The highest BCUT2D eigenvalue weighted by Gasteiger charge is 2.54. The van der Waals surface area contributed by atoms with Crippen molar-refractivity contribution >= 4 is 11.9 Å². The van der Waals surface area contributed by atoms with E-state index in [0.29, 0.717) is 11.3 Å². The van der Waals surface area contributed by atoms with Crippen LogP contribution in [-0.2, 0) is 29.4 Å². The minimum atomic E-state index is -0.996. The van der Waals surface area contributed by atoms with Gasteiger partial charge >= 0.3 is 11.9 Å². The van der Waals surface area contributed by atoms with Crippen LogP contribution < -0.4 is 0 Å². The summed E-state index contributed by atoms with van der Waals surface area (Å²) in [4.78, 5) is 24.3. The van der Waals surface area contributed by atoms with Crippen LogP contribution in [0.2, 0.25) is 0 Å². The van der Waals surface area contributed by atoms with Crippen molar-refractivity contribution in [1.29, 1.82) is 0 Å². The zero-order valence-electron chi connectivity index (χ0n) is 16.3. The highest BCUT2D eigenvalue weighted by atomic mass is 16.6. The number of carbonyl (C=O) groups excluding carboxylic acids is 2. The van der Waals surface area contributed by atoms with Gasteiger partial charge in [-0.2, -0.15) is 0 Å². The first-order chi connectivity index (χ1) is 13.5. The predicted octanol–water partition coefficient (Wildman–Crippen LogP) is 3.98. The Kier molecular flexibility index (Phi) is 5.83. The highest BCUT2D eigenvalue weighted by molar-refractivity contribution is 5.91. The molecule has 3 rings (SSSR count). The summed E-state index contributed by atoms with van der Waals surface area (Å²) in [7, 11) is 0. The summed E-state index contributed by atoms with van der Waals surface area (Å²) in [5.74, 6) is -0.933. The summed E-state index contributed by atoms with van der Waals surface area (Å²) in [6.45, 7) is 5.11. The molecule has 2 aromatic carbocycles. The molecule has 1 atom stereocenters. The van der Waals surface area contributed by atoms with E-state index in [4.69, 9.17) is 14.2 Å². The van der Waals surface area contributed by atoms with Crippen molar-refractivity contribution in [2.45, 2.75) is 26.4 Å². The maximum atomic E-state index is 12.8. The Hall–Kier alpha value is -3.08. The second kappa shape index (κ2) is 8.30. The maximum absolute atomic E-state index is 12.8. The third-order valence-electron chi connectivity index (χ3n) is 4.89. The molecule has 0 bridgehead atoms. The minimum Gasteiger partial charge on any atom is -0.481 e. The van der Waals surface area contributed by atoms with Crippen molar-refractivity contribution in [2.75, 3.05) is 13.2 Å². The largest absolute Gasteiger partial charge is 0.481 e. The number of benzene rings is 2. The minimum absolute atomic E-state index is 0.00457. The van der Waals surface area contributed by atoms with Gasteiger partial charge in [-0.25, -0.2) is 4.79 Å². The molecule has 5 nitrogen and oxygen atoms in total. The quantitative estimate of drug-likeness (QED) is 0.710. The molecule has 0 spiro atoms. The number of hydrogen-bond acceptors (Lipinski definition) is 5. The summed E-state index contributed by atoms with van der Waals surface area (Å²) in [5, 5.41) is 0. The molecule has 0 aromatic heterocycles. The molecule has 0 aliphatic carbocycles. The molecule has 1 aliphatic rings. The zero-order chi connectivity index (χ0) is 20.1. The van der Waals surface area contributed by atoms with Crippen LogP contribution in [0.3, 0.4) is 0 Å². The zero-order valence-corrected chi connectivity index (χ0v) is 16.3. The Bertz CT molecular complexity index is 831. The molecule has 1 unspecified atom stereocenters. The van der Waals surface area contributed by atoms with E-state index < -0.39 is 23.5 Å². The van der Waals surface area contributed by atoms with Crippen molar-refractivity contribution in [3.8, 4) is 0 Å². The Morgan fingerprint density at radius 1 is 0.964 bits per heavy atom. The van der Waals surface area contributed by atoms with Gasteiger partial charge in [0.1, 0.15) is 12.4 Å². The van der Waals surface area contributed by atoms with E-state index in [0.717, 1.165) is 11.1 Å². The van der Waals surface area contributed by atoms with E-state index in [-0.39, 0.29) is 13.2 Å². The molecule has 0 fully saturated rings. The van der Waals surface area contributed by atoms with Gasteiger partial charge in [0.2, 0.25) is 0 Å². The van der Waals surface area contributed by atoms with Crippen molar-refractivity contribution in [2.24, 2.45) is 5.92 Å². The van der Waals surface area contributed by atoms with Crippen LogP contribution in [0.4, 0.5) is 0 Å². The molecule has 0 radical (unpaired) electrons. The van der Waals surface area contributed by atoms with Gasteiger partial charge < -0.3 is 14.2 Å². The van der Waals surface area contributed by atoms with Crippen LogP contribution in [-0.4, -0.2) is 25.2 Å². The number of ether oxygens (including phenoxy) is 3. The summed E-state index contributed by atoms with van der Waals surface area (Å²) in [6, 6.07) is 19.3. The number of hydrogen-bond donors (Lipinski definition) is 0.